The lowest BCUT2D eigenvalue weighted by Gasteiger charge is -2.27. The van der Waals surface area contributed by atoms with E-state index in [0.29, 0.717) is 11.1 Å². The second-order valence-corrected chi connectivity index (χ2v) is 8.95. The van der Waals surface area contributed by atoms with Crippen LogP contribution < -0.4 is 10.5 Å². The van der Waals surface area contributed by atoms with E-state index in [-0.39, 0.29) is 22.5 Å². The molecule has 32 heavy (non-hydrogen) atoms. The van der Waals surface area contributed by atoms with Gasteiger partial charge >= 0.3 is 0 Å². The fourth-order valence-electron chi connectivity index (χ4n) is 3.39. The zero-order valence-corrected chi connectivity index (χ0v) is 19.5. The monoisotopic (exact) mass is 516 g/mol. The minimum atomic E-state index is -1.33. The van der Waals surface area contributed by atoms with Gasteiger partial charge in [-0.25, -0.2) is 10.4 Å². The van der Waals surface area contributed by atoms with Crippen molar-refractivity contribution in [3.8, 4) is 0 Å². The molecule has 0 aliphatic heterocycles. The third-order valence-corrected chi connectivity index (χ3v) is 7.27. The second kappa shape index (κ2) is 11.1. The van der Waals surface area contributed by atoms with Crippen molar-refractivity contribution in [3.05, 3.63) is 105 Å². The predicted octanol–water partition coefficient (Wildman–Crippen LogP) is 5.01. The highest BCUT2D eigenvalue weighted by Crippen LogP contribution is 2.46. The number of benzene rings is 3. The zero-order valence-electron chi connectivity index (χ0n) is 16.5. The minimum absolute atomic E-state index is 0.158. The number of halogens is 4. The number of alkyl halides is 4. The van der Waals surface area contributed by atoms with Crippen molar-refractivity contribution in [1.29, 1.82) is 0 Å². The largest absolute Gasteiger partial charge is 0.595 e. The first kappa shape index (κ1) is 25.2. The van der Waals surface area contributed by atoms with Crippen LogP contribution in [0.15, 0.2) is 72.8 Å². The Morgan fingerprint density at radius 2 is 0.906 bits per heavy atom. The molecule has 170 valence electrons. The quantitative estimate of drug-likeness (QED) is 0.249. The lowest BCUT2D eigenvalue weighted by atomic mass is 9.95. The molecule has 0 radical (unpaired) electrons. The predicted molar refractivity (Wildman–Crippen MR) is 125 cm³/mol. The van der Waals surface area contributed by atoms with Gasteiger partial charge in [0.15, 0.2) is 11.4 Å². The molecule has 0 bridgehead atoms. The van der Waals surface area contributed by atoms with Crippen LogP contribution in [0.1, 0.15) is 43.8 Å². The van der Waals surface area contributed by atoms with E-state index in [4.69, 9.17) is 46.4 Å². The summed E-state index contributed by atoms with van der Waals surface area (Å²) in [6, 6.07) is 20.3. The highest BCUT2D eigenvalue weighted by molar-refractivity contribution is 6.31. The molecule has 0 aliphatic carbocycles. The Morgan fingerprint density at radius 3 is 1.22 bits per heavy atom. The molecule has 0 fully saturated rings. The van der Waals surface area contributed by atoms with Gasteiger partial charge in [0.05, 0.1) is 27.6 Å². The van der Waals surface area contributed by atoms with Gasteiger partial charge in [-0.15, -0.1) is 46.4 Å². The molecule has 10 heteroatoms. The van der Waals surface area contributed by atoms with Crippen molar-refractivity contribution >= 4 is 57.8 Å². The van der Waals surface area contributed by atoms with Gasteiger partial charge in [0.2, 0.25) is 0 Å². The van der Waals surface area contributed by atoms with E-state index in [9.17, 15) is 20.8 Å². The van der Waals surface area contributed by atoms with Gasteiger partial charge in [-0.1, -0.05) is 60.7 Å². The number of hydrogen-bond donors (Lipinski definition) is 4. The molecular weight excluding hydrogens is 498 g/mol. The van der Waals surface area contributed by atoms with E-state index in [1.807, 2.05) is 12.1 Å². The van der Waals surface area contributed by atoms with Crippen LogP contribution in [0.3, 0.4) is 0 Å². The van der Waals surface area contributed by atoms with Crippen molar-refractivity contribution in [3.63, 3.8) is 0 Å². The minimum Gasteiger partial charge on any atom is -0.595 e. The summed E-state index contributed by atoms with van der Waals surface area (Å²) in [6.07, 6.45) is 0. The van der Waals surface area contributed by atoms with Gasteiger partial charge < -0.3 is 10.4 Å². The van der Waals surface area contributed by atoms with Crippen LogP contribution in [0.5, 0.6) is 0 Å². The van der Waals surface area contributed by atoms with Crippen LogP contribution in [-0.2, 0) is 0 Å². The Labute approximate surface area is 205 Å². The van der Waals surface area contributed by atoms with Gasteiger partial charge in [0.1, 0.15) is 0 Å². The molecule has 0 aliphatic rings. The highest BCUT2D eigenvalue weighted by Gasteiger charge is 2.32. The average molecular weight is 518 g/mol. The number of rotatable bonds is 8. The zero-order chi connectivity index (χ0) is 23.4. The summed E-state index contributed by atoms with van der Waals surface area (Å²) in [5, 5.41) is 37.2. The maximum absolute atomic E-state index is 11.9. The summed E-state index contributed by atoms with van der Waals surface area (Å²) in [6.45, 7) is 0. The Morgan fingerprint density at radius 1 is 0.562 bits per heavy atom. The fraction of sp³-hybridized carbons (Fsp3) is 0.182. The molecule has 3 aromatic carbocycles. The molecule has 0 amide bonds. The van der Waals surface area contributed by atoms with E-state index in [1.165, 1.54) is 6.07 Å². The Kier molecular flexibility index (Phi) is 8.77. The topological polar surface area (TPSA) is 95.5 Å². The third kappa shape index (κ3) is 5.55. The van der Waals surface area contributed by atoms with Gasteiger partial charge in [0.25, 0.3) is 0 Å². The Balaban J connectivity index is 2.10. The van der Waals surface area contributed by atoms with Crippen molar-refractivity contribution in [1.82, 2.24) is 0 Å². The van der Waals surface area contributed by atoms with Crippen molar-refractivity contribution < 1.29 is 20.9 Å². The Hall–Kier alpha value is -1.42. The van der Waals surface area contributed by atoms with Crippen molar-refractivity contribution in [2.45, 2.75) is 21.5 Å². The first-order valence-electron chi connectivity index (χ1n) is 9.53. The molecule has 6 atom stereocenters. The lowest BCUT2D eigenvalue weighted by Crippen LogP contribution is -3.01. The van der Waals surface area contributed by atoms with Crippen LogP contribution in [0.25, 0.3) is 0 Å². The van der Waals surface area contributed by atoms with Crippen molar-refractivity contribution in [2.75, 3.05) is 0 Å². The van der Waals surface area contributed by atoms with Crippen LogP contribution in [0, 0.1) is 10.4 Å². The standard InChI is InChI=1S/C22H20Cl4N2O4/c23-19(13-7-3-1-4-8-13)21(25)15-11-16(18(28(31)32)12-17(15)27(29)30)22(26)20(24)14-9-5-2-6-10-14/h1-12,19-22,27-29,31H. The van der Waals surface area contributed by atoms with E-state index in [0.717, 1.165) is 6.07 Å². The van der Waals surface area contributed by atoms with E-state index in [2.05, 4.69) is 0 Å². The molecule has 0 saturated carbocycles. The molecule has 6 nitrogen and oxygen atoms in total. The normalized spacial score (nSPS) is 17.2. The van der Waals surface area contributed by atoms with Crippen molar-refractivity contribution in [2.24, 2.45) is 0 Å². The summed E-state index contributed by atoms with van der Waals surface area (Å²) in [7, 11) is 0. The summed E-state index contributed by atoms with van der Waals surface area (Å²) in [5.74, 6) is 0. The first-order chi connectivity index (χ1) is 15.2. The molecule has 3 rings (SSSR count). The molecule has 0 spiro atoms. The van der Waals surface area contributed by atoms with E-state index in [1.54, 1.807) is 48.5 Å². The molecule has 0 saturated heterocycles. The molecule has 0 heterocycles. The summed E-state index contributed by atoms with van der Waals surface area (Å²) in [5.41, 5.74) is 1.17. The SMILES string of the molecule is [O-][NH+](O)c1cc([NH+]([O-])O)c(C(Cl)C(Cl)c2ccccc2)cc1C(Cl)C(Cl)c1ccccc1. The van der Waals surface area contributed by atoms with Crippen LogP contribution in [-0.4, -0.2) is 10.4 Å². The first-order valence-corrected chi connectivity index (χ1v) is 11.3. The van der Waals surface area contributed by atoms with Gasteiger partial charge in [-0.2, -0.15) is 10.5 Å². The summed E-state index contributed by atoms with van der Waals surface area (Å²) >= 11 is 26.4. The number of nitrogens with one attached hydrogen (secondary N) is 2. The van der Waals surface area contributed by atoms with Crippen LogP contribution in [0.4, 0.5) is 11.4 Å². The number of hydrogen-bond acceptors (Lipinski definition) is 4. The Bertz CT molecular complexity index is 946. The van der Waals surface area contributed by atoms with Gasteiger partial charge in [0, 0.05) is 11.1 Å². The van der Waals surface area contributed by atoms with Crippen LogP contribution >= 0.6 is 46.4 Å². The lowest BCUT2D eigenvalue weighted by molar-refractivity contribution is -0.996. The maximum atomic E-state index is 11.9. The highest BCUT2D eigenvalue weighted by atomic mass is 35.5. The molecule has 6 unspecified atom stereocenters. The van der Waals surface area contributed by atoms with Crippen LogP contribution in [0.2, 0.25) is 0 Å². The van der Waals surface area contributed by atoms with E-state index >= 15 is 0 Å². The summed E-state index contributed by atoms with van der Waals surface area (Å²) < 4.78 is 0. The van der Waals surface area contributed by atoms with Gasteiger partial charge in [-0.3, -0.25) is 0 Å². The molecule has 4 N–H and O–H groups in total. The summed E-state index contributed by atoms with van der Waals surface area (Å²) in [4.78, 5) is 0. The van der Waals surface area contributed by atoms with Gasteiger partial charge in [-0.05, 0) is 17.2 Å². The maximum Gasteiger partial charge on any atom is 0.174 e. The molecular formula is C22H20Cl4N2O4. The third-order valence-electron chi connectivity index (χ3n) is 5.03. The second-order valence-electron chi connectivity index (χ2n) is 7.07. The molecule has 3 aromatic rings. The average Bonchev–Trinajstić information content (AvgIpc) is 2.82. The van der Waals surface area contributed by atoms with E-state index < -0.39 is 32.0 Å². The number of quaternary nitrogens is 2. The fourth-order valence-corrected chi connectivity index (χ4v) is 4.60. The smallest absolute Gasteiger partial charge is 0.174 e. The molecule has 0 aromatic heterocycles.